The quantitative estimate of drug-likeness (QED) is 0.114. The van der Waals surface area contributed by atoms with Crippen LogP contribution in [0.15, 0.2) is 243 Å². The van der Waals surface area contributed by atoms with E-state index in [2.05, 4.69) is 207 Å². The molecule has 0 radical (unpaired) electrons. The highest BCUT2D eigenvalue weighted by atomic mass is 15.2. The molecule has 4 heterocycles. The van der Waals surface area contributed by atoms with Gasteiger partial charge in [-0.3, -0.25) is 9.80 Å². The lowest BCUT2D eigenvalue weighted by atomic mass is 9.81. The van der Waals surface area contributed by atoms with Crippen molar-refractivity contribution in [3.8, 4) is 44.5 Å². The maximum Gasteiger partial charge on any atom is 0.138 e. The molecule has 6 heteroatoms. The van der Waals surface area contributed by atoms with Crippen molar-refractivity contribution in [1.29, 1.82) is 0 Å². The van der Waals surface area contributed by atoms with Gasteiger partial charge in [0, 0.05) is 47.0 Å². The number of pyridine rings is 4. The highest BCUT2D eigenvalue weighted by molar-refractivity contribution is 5.88. The Kier molecular flexibility index (Phi) is 12.1. The van der Waals surface area contributed by atoms with E-state index >= 15 is 0 Å². The van der Waals surface area contributed by atoms with Crippen molar-refractivity contribution in [3.05, 3.63) is 288 Å². The normalized spacial score (nSPS) is 13.5. The van der Waals surface area contributed by atoms with Crippen LogP contribution in [0, 0.1) is 0 Å². The predicted molar refractivity (Wildman–Crippen MR) is 324 cm³/mol. The molecule has 0 atom stereocenters. The van der Waals surface area contributed by atoms with Gasteiger partial charge in [-0.15, -0.1) is 0 Å². The molecule has 0 fully saturated rings. The van der Waals surface area contributed by atoms with Gasteiger partial charge in [0.05, 0.1) is 0 Å². The van der Waals surface area contributed by atoms with Crippen molar-refractivity contribution in [1.82, 2.24) is 19.9 Å². The highest BCUT2D eigenvalue weighted by Crippen LogP contribution is 2.52. The minimum atomic E-state index is -0.194. The number of hydrogen-bond acceptors (Lipinski definition) is 6. The molecule has 374 valence electrons. The van der Waals surface area contributed by atoms with E-state index in [-0.39, 0.29) is 10.8 Å². The number of nitrogens with zero attached hydrogens (tertiary/aromatic N) is 6. The topological polar surface area (TPSA) is 58.0 Å². The lowest BCUT2D eigenvalue weighted by Gasteiger charge is -2.26. The molecule has 0 aliphatic heterocycles. The number of benzene rings is 7. The van der Waals surface area contributed by atoms with Gasteiger partial charge < -0.3 is 0 Å². The largest absolute Gasteiger partial charge is 0.279 e. The van der Waals surface area contributed by atoms with E-state index in [1.807, 2.05) is 97.6 Å². The second kappa shape index (κ2) is 19.7. The predicted octanol–water partition coefficient (Wildman–Crippen LogP) is 18.5. The van der Waals surface area contributed by atoms with E-state index in [0.717, 1.165) is 45.8 Å². The summed E-state index contributed by atoms with van der Waals surface area (Å²) < 4.78 is 0. The fourth-order valence-electron chi connectivity index (χ4n) is 11.5. The van der Waals surface area contributed by atoms with Crippen LogP contribution in [0.25, 0.3) is 68.8 Å². The third-order valence-electron chi connectivity index (χ3n) is 15.7. The summed E-state index contributed by atoms with van der Waals surface area (Å²) in [6.07, 6.45) is 16.2. The molecule has 7 aromatic carbocycles. The fourth-order valence-corrected chi connectivity index (χ4v) is 11.5. The third kappa shape index (κ3) is 8.87. The SMILES string of the molecule is CC1(C)c2cc(C=Cc3ccc(-c4ccc(-c5ccc(C=Cc6ccc7c(c6)C(C)(C)c6cc(N(c8ccccn8)c8ccccn8)ccc6-7)cc5)cc4)cc3)ccc2-c2ccc(N(c3ccccn3)c3ccccn3)cc21. The van der Waals surface area contributed by atoms with Crippen LogP contribution in [-0.2, 0) is 10.8 Å². The molecule has 4 aromatic heterocycles. The van der Waals surface area contributed by atoms with E-state index in [4.69, 9.17) is 19.9 Å². The van der Waals surface area contributed by atoms with E-state index in [1.165, 1.54) is 77.9 Å². The molecule has 0 bridgehead atoms. The Hall–Kier alpha value is -9.78. The number of anilines is 6. The molecular formula is C72H56N6. The molecule has 0 saturated heterocycles. The summed E-state index contributed by atoms with van der Waals surface area (Å²) >= 11 is 0. The number of hydrogen-bond donors (Lipinski definition) is 0. The van der Waals surface area contributed by atoms with Crippen LogP contribution in [0.3, 0.4) is 0 Å². The van der Waals surface area contributed by atoms with Crippen LogP contribution in [0.2, 0.25) is 0 Å². The Morgan fingerprint density at radius 1 is 0.282 bits per heavy atom. The number of fused-ring (bicyclic) bond motifs is 6. The first-order valence-corrected chi connectivity index (χ1v) is 26.7. The summed E-state index contributed by atoms with van der Waals surface area (Å²) in [5, 5.41) is 0. The highest BCUT2D eigenvalue weighted by Gasteiger charge is 2.38. The molecule has 0 saturated carbocycles. The smallest absolute Gasteiger partial charge is 0.138 e. The van der Waals surface area contributed by atoms with E-state index in [1.54, 1.807) is 0 Å². The lowest BCUT2D eigenvalue weighted by molar-refractivity contribution is 0.660. The molecule has 11 aromatic rings. The fraction of sp³-hybridized carbons (Fsp3) is 0.0833. The minimum Gasteiger partial charge on any atom is -0.279 e. The van der Waals surface area contributed by atoms with Crippen LogP contribution < -0.4 is 9.80 Å². The summed E-state index contributed by atoms with van der Waals surface area (Å²) in [5.74, 6) is 3.32. The van der Waals surface area contributed by atoms with Crippen LogP contribution in [0.4, 0.5) is 34.6 Å². The van der Waals surface area contributed by atoms with Crippen molar-refractivity contribution < 1.29 is 0 Å². The summed E-state index contributed by atoms with van der Waals surface area (Å²) in [7, 11) is 0. The Balaban J connectivity index is 0.659. The number of aromatic nitrogens is 4. The lowest BCUT2D eigenvalue weighted by Crippen LogP contribution is -2.17. The van der Waals surface area contributed by atoms with Gasteiger partial charge in [-0.2, -0.15) is 0 Å². The molecule has 78 heavy (non-hydrogen) atoms. The summed E-state index contributed by atoms with van der Waals surface area (Å²) in [6, 6.07) is 77.8. The Bertz CT molecular complexity index is 3690. The van der Waals surface area contributed by atoms with Crippen molar-refractivity contribution in [2.45, 2.75) is 38.5 Å². The Morgan fingerprint density at radius 2 is 0.551 bits per heavy atom. The molecule has 13 rings (SSSR count). The minimum absolute atomic E-state index is 0.194. The average molecular weight is 1010 g/mol. The van der Waals surface area contributed by atoms with Crippen LogP contribution in [0.1, 0.15) is 72.2 Å². The molecular weight excluding hydrogens is 949 g/mol. The first-order valence-electron chi connectivity index (χ1n) is 26.7. The average Bonchev–Trinajstić information content (AvgIpc) is 4.01. The molecule has 2 aliphatic rings. The zero-order valence-electron chi connectivity index (χ0n) is 44.1. The van der Waals surface area contributed by atoms with Gasteiger partial charge in [-0.05, 0) is 162 Å². The van der Waals surface area contributed by atoms with Crippen molar-refractivity contribution in [2.75, 3.05) is 9.80 Å². The van der Waals surface area contributed by atoms with Crippen LogP contribution in [0.5, 0.6) is 0 Å². The summed E-state index contributed by atoms with van der Waals surface area (Å²) in [5.41, 5.74) is 21.5. The zero-order chi connectivity index (χ0) is 52.8. The molecule has 6 nitrogen and oxygen atoms in total. The Labute approximate surface area is 457 Å². The second-order valence-electron chi connectivity index (χ2n) is 21.2. The van der Waals surface area contributed by atoms with Crippen LogP contribution in [-0.4, -0.2) is 19.9 Å². The molecule has 0 amide bonds. The van der Waals surface area contributed by atoms with Gasteiger partial charge in [-0.1, -0.05) is 198 Å². The molecule has 0 spiro atoms. The van der Waals surface area contributed by atoms with Gasteiger partial charge in [0.2, 0.25) is 0 Å². The van der Waals surface area contributed by atoms with Crippen molar-refractivity contribution >= 4 is 59.0 Å². The second-order valence-corrected chi connectivity index (χ2v) is 21.2. The summed E-state index contributed by atoms with van der Waals surface area (Å²) in [6.45, 7) is 9.32. The van der Waals surface area contributed by atoms with Gasteiger partial charge in [0.1, 0.15) is 23.3 Å². The van der Waals surface area contributed by atoms with Gasteiger partial charge in [0.25, 0.3) is 0 Å². The van der Waals surface area contributed by atoms with Crippen LogP contribution >= 0.6 is 0 Å². The maximum absolute atomic E-state index is 4.70. The van der Waals surface area contributed by atoms with E-state index in [0.29, 0.717) is 0 Å². The van der Waals surface area contributed by atoms with Gasteiger partial charge >= 0.3 is 0 Å². The zero-order valence-corrected chi connectivity index (χ0v) is 44.1. The van der Waals surface area contributed by atoms with Gasteiger partial charge in [0.15, 0.2) is 0 Å². The maximum atomic E-state index is 4.70. The first kappa shape index (κ1) is 47.9. The Morgan fingerprint density at radius 3 is 0.859 bits per heavy atom. The molecule has 2 aliphatic carbocycles. The van der Waals surface area contributed by atoms with Crippen molar-refractivity contribution in [3.63, 3.8) is 0 Å². The molecule has 0 N–H and O–H groups in total. The molecule has 0 unspecified atom stereocenters. The van der Waals surface area contributed by atoms with E-state index in [9.17, 15) is 0 Å². The number of rotatable bonds is 12. The van der Waals surface area contributed by atoms with E-state index < -0.39 is 0 Å². The standard InChI is InChI=1S/C72H56N6/c1-71(2)63-45-51(25-37-59(63)61-39-35-57(47-65(61)71)77(67-13-5-9-41-73-67)68-14-6-10-42-74-68)19-17-49-21-27-53(28-22-49)55-31-33-56(34-32-55)54-29-23-50(24-30-54)18-20-52-26-38-60-62-40-36-58(48-66(62)72(3,4)64(60)46-52)78(69-15-7-11-43-75-69)70-16-8-12-44-76-70/h5-48H,1-4H3. The van der Waals surface area contributed by atoms with Crippen molar-refractivity contribution in [2.24, 2.45) is 0 Å². The van der Waals surface area contributed by atoms with Gasteiger partial charge in [-0.25, -0.2) is 19.9 Å². The summed E-state index contributed by atoms with van der Waals surface area (Å²) in [4.78, 5) is 23.1. The third-order valence-corrected chi connectivity index (χ3v) is 15.7. The monoisotopic (exact) mass is 1000 g/mol. The first-order chi connectivity index (χ1) is 38.2.